The lowest BCUT2D eigenvalue weighted by Gasteiger charge is -2.13. The van der Waals surface area contributed by atoms with Gasteiger partial charge >= 0.3 is 0 Å². The molecular formula is C15H18FN3O3S2. The van der Waals surface area contributed by atoms with E-state index in [0.29, 0.717) is 4.88 Å². The molecule has 0 fully saturated rings. The van der Waals surface area contributed by atoms with E-state index < -0.39 is 21.7 Å². The highest BCUT2D eigenvalue weighted by atomic mass is 32.2. The number of carbonyl (C=O) groups excluding carboxylic acids is 1. The molecule has 0 bridgehead atoms. The third-order valence-corrected chi connectivity index (χ3v) is 4.91. The van der Waals surface area contributed by atoms with Crippen molar-refractivity contribution in [3.8, 4) is 0 Å². The molecule has 0 aliphatic rings. The van der Waals surface area contributed by atoms with E-state index in [0.717, 1.165) is 23.4 Å². The number of aromatic nitrogens is 1. The summed E-state index contributed by atoms with van der Waals surface area (Å²) >= 11 is 1.25. The van der Waals surface area contributed by atoms with Crippen molar-refractivity contribution in [3.05, 3.63) is 40.1 Å². The van der Waals surface area contributed by atoms with Crippen LogP contribution in [-0.4, -0.2) is 25.6 Å². The van der Waals surface area contributed by atoms with Crippen LogP contribution in [0.3, 0.4) is 0 Å². The summed E-state index contributed by atoms with van der Waals surface area (Å²) in [7, 11) is -3.61. The second-order valence-electron chi connectivity index (χ2n) is 6.30. The molecule has 0 spiro atoms. The Balaban J connectivity index is 2.27. The Bertz CT molecular complexity index is 870. The zero-order valence-electron chi connectivity index (χ0n) is 13.7. The summed E-state index contributed by atoms with van der Waals surface area (Å²) in [6.07, 6.45) is 2.41. The van der Waals surface area contributed by atoms with Gasteiger partial charge in [-0.15, -0.1) is 11.3 Å². The van der Waals surface area contributed by atoms with Gasteiger partial charge in [-0.2, -0.15) is 0 Å². The van der Waals surface area contributed by atoms with Gasteiger partial charge in [0.15, 0.2) is 0 Å². The van der Waals surface area contributed by atoms with Crippen LogP contribution in [0.2, 0.25) is 0 Å². The average molecular weight is 371 g/mol. The Labute approximate surface area is 144 Å². The third-order valence-electron chi connectivity index (χ3n) is 2.90. The molecule has 1 heterocycles. The van der Waals surface area contributed by atoms with Crippen molar-refractivity contribution in [1.82, 2.24) is 4.98 Å². The quantitative estimate of drug-likeness (QED) is 0.864. The van der Waals surface area contributed by atoms with Crippen LogP contribution < -0.4 is 10.0 Å². The van der Waals surface area contributed by atoms with Crippen molar-refractivity contribution in [2.24, 2.45) is 0 Å². The number of thiazole rings is 1. The van der Waals surface area contributed by atoms with E-state index in [9.17, 15) is 17.6 Å². The largest absolute Gasteiger partial charge is 0.319 e. The summed E-state index contributed by atoms with van der Waals surface area (Å²) in [6, 6.07) is 3.44. The molecular weight excluding hydrogens is 353 g/mol. The second-order valence-corrected chi connectivity index (χ2v) is 9.08. The van der Waals surface area contributed by atoms with E-state index in [4.69, 9.17) is 0 Å². The number of sulfonamides is 1. The summed E-state index contributed by atoms with van der Waals surface area (Å²) in [6.45, 7) is 5.96. The van der Waals surface area contributed by atoms with Crippen LogP contribution in [0.25, 0.3) is 0 Å². The van der Waals surface area contributed by atoms with Gasteiger partial charge in [-0.05, 0) is 12.1 Å². The van der Waals surface area contributed by atoms with Gasteiger partial charge in [0.2, 0.25) is 10.0 Å². The maximum atomic E-state index is 13.4. The van der Waals surface area contributed by atoms with E-state index >= 15 is 0 Å². The zero-order chi connectivity index (χ0) is 18.1. The van der Waals surface area contributed by atoms with Gasteiger partial charge in [0.05, 0.1) is 28.8 Å². The zero-order valence-corrected chi connectivity index (χ0v) is 15.3. The number of halogens is 1. The van der Waals surface area contributed by atoms with Gasteiger partial charge in [0.25, 0.3) is 5.91 Å². The lowest BCUT2D eigenvalue weighted by Crippen LogP contribution is -2.15. The Morgan fingerprint density at radius 2 is 1.92 bits per heavy atom. The fourth-order valence-electron chi connectivity index (χ4n) is 1.82. The molecule has 0 saturated carbocycles. The molecule has 6 nitrogen and oxygen atoms in total. The van der Waals surface area contributed by atoms with E-state index in [1.807, 2.05) is 20.8 Å². The highest BCUT2D eigenvalue weighted by Crippen LogP contribution is 2.28. The second kappa shape index (κ2) is 6.48. The van der Waals surface area contributed by atoms with Gasteiger partial charge in [0.1, 0.15) is 10.7 Å². The Hall–Kier alpha value is -2.00. The Morgan fingerprint density at radius 3 is 2.46 bits per heavy atom. The summed E-state index contributed by atoms with van der Waals surface area (Å²) in [5.41, 5.74) is -0.0498. The first-order valence-corrected chi connectivity index (χ1v) is 9.71. The SMILES string of the molecule is CC(C)(C)c1ncc(C(=O)Nc2ccc(F)cc2NS(C)(=O)=O)s1. The minimum Gasteiger partial charge on any atom is -0.319 e. The van der Waals surface area contributed by atoms with Crippen LogP contribution >= 0.6 is 11.3 Å². The van der Waals surface area contributed by atoms with E-state index in [-0.39, 0.29) is 16.8 Å². The molecule has 2 aromatic rings. The molecule has 0 unspecified atom stereocenters. The highest BCUT2D eigenvalue weighted by molar-refractivity contribution is 7.92. The fourth-order valence-corrected chi connectivity index (χ4v) is 3.26. The molecule has 130 valence electrons. The van der Waals surface area contributed by atoms with Gasteiger partial charge in [-0.1, -0.05) is 20.8 Å². The van der Waals surface area contributed by atoms with Gasteiger partial charge in [0, 0.05) is 11.5 Å². The molecule has 1 aromatic carbocycles. The number of hydrogen-bond donors (Lipinski definition) is 2. The van der Waals surface area contributed by atoms with Crippen molar-refractivity contribution in [2.75, 3.05) is 16.3 Å². The number of hydrogen-bond acceptors (Lipinski definition) is 5. The summed E-state index contributed by atoms with van der Waals surface area (Å²) in [4.78, 5) is 17.0. The molecule has 1 aromatic heterocycles. The van der Waals surface area contributed by atoms with Gasteiger partial charge in [-0.25, -0.2) is 17.8 Å². The lowest BCUT2D eigenvalue weighted by molar-refractivity contribution is 0.103. The summed E-state index contributed by atoms with van der Waals surface area (Å²) in [5, 5.41) is 3.39. The minimum absolute atomic E-state index is 0.0357. The number of nitrogens with one attached hydrogen (secondary N) is 2. The number of anilines is 2. The molecule has 0 aliphatic heterocycles. The molecule has 0 saturated heterocycles. The number of carbonyl (C=O) groups is 1. The van der Waals surface area contributed by atoms with Crippen LogP contribution in [0.4, 0.5) is 15.8 Å². The van der Waals surface area contributed by atoms with Crippen molar-refractivity contribution < 1.29 is 17.6 Å². The summed E-state index contributed by atoms with van der Waals surface area (Å²) in [5.74, 6) is -1.06. The molecule has 2 N–H and O–H groups in total. The van der Waals surface area contributed by atoms with Gasteiger partial charge in [-0.3, -0.25) is 9.52 Å². The van der Waals surface area contributed by atoms with Crippen LogP contribution in [0, 0.1) is 5.82 Å². The minimum atomic E-state index is -3.61. The van der Waals surface area contributed by atoms with Crippen LogP contribution in [0.1, 0.15) is 35.5 Å². The summed E-state index contributed by atoms with van der Waals surface area (Å²) < 4.78 is 38.3. The molecule has 2 rings (SSSR count). The highest BCUT2D eigenvalue weighted by Gasteiger charge is 2.21. The van der Waals surface area contributed by atoms with E-state index in [1.54, 1.807) is 0 Å². The first kappa shape index (κ1) is 18.3. The number of benzene rings is 1. The number of nitrogens with zero attached hydrogens (tertiary/aromatic N) is 1. The molecule has 0 aliphatic carbocycles. The molecule has 0 radical (unpaired) electrons. The average Bonchev–Trinajstić information content (AvgIpc) is 2.89. The van der Waals surface area contributed by atoms with Crippen LogP contribution in [-0.2, 0) is 15.4 Å². The molecule has 24 heavy (non-hydrogen) atoms. The lowest BCUT2D eigenvalue weighted by atomic mass is 9.98. The number of rotatable bonds is 4. The maximum absolute atomic E-state index is 13.4. The standard InChI is InChI=1S/C15H18FN3O3S2/c1-15(2,3)14-17-8-12(23-14)13(20)18-10-6-5-9(16)7-11(10)19-24(4,21)22/h5-8,19H,1-4H3,(H,18,20). The molecule has 1 amide bonds. The number of amides is 1. The van der Waals surface area contributed by atoms with Crippen LogP contribution in [0.5, 0.6) is 0 Å². The fraction of sp³-hybridized carbons (Fsp3) is 0.333. The van der Waals surface area contributed by atoms with Crippen molar-refractivity contribution in [1.29, 1.82) is 0 Å². The molecule has 9 heteroatoms. The Kier molecular flexibility index (Phi) is 4.95. The predicted octanol–water partition coefficient (Wildman–Crippen LogP) is 3.20. The Morgan fingerprint density at radius 1 is 1.25 bits per heavy atom. The third kappa shape index (κ3) is 4.75. The predicted molar refractivity (Wildman–Crippen MR) is 93.6 cm³/mol. The van der Waals surface area contributed by atoms with E-state index in [2.05, 4.69) is 15.0 Å². The molecule has 0 atom stereocenters. The van der Waals surface area contributed by atoms with Gasteiger partial charge < -0.3 is 5.32 Å². The maximum Gasteiger partial charge on any atom is 0.267 e. The monoisotopic (exact) mass is 371 g/mol. The topological polar surface area (TPSA) is 88.2 Å². The van der Waals surface area contributed by atoms with E-state index in [1.165, 1.54) is 23.6 Å². The van der Waals surface area contributed by atoms with Crippen molar-refractivity contribution >= 4 is 38.6 Å². The first-order valence-electron chi connectivity index (χ1n) is 7.01. The first-order chi connectivity index (χ1) is 11.0. The normalized spacial score (nSPS) is 12.0. The van der Waals surface area contributed by atoms with Crippen LogP contribution in [0.15, 0.2) is 24.4 Å². The smallest absolute Gasteiger partial charge is 0.267 e. The van der Waals surface area contributed by atoms with Crippen molar-refractivity contribution in [3.63, 3.8) is 0 Å². The van der Waals surface area contributed by atoms with Crippen molar-refractivity contribution in [2.45, 2.75) is 26.2 Å².